The molecule has 0 fully saturated rings. The number of hydrogen-bond acceptors (Lipinski definition) is 5. The highest BCUT2D eigenvalue weighted by Crippen LogP contribution is 2.17. The van der Waals surface area contributed by atoms with Crippen molar-refractivity contribution in [3.05, 3.63) is 41.2 Å². The molecule has 0 atom stereocenters. The third-order valence-corrected chi connectivity index (χ3v) is 2.69. The van der Waals surface area contributed by atoms with Crippen molar-refractivity contribution in [1.82, 2.24) is 9.97 Å². The summed E-state index contributed by atoms with van der Waals surface area (Å²) in [6, 6.07) is 1.87. The zero-order valence-electron chi connectivity index (χ0n) is 10.2. The molecule has 0 aliphatic rings. The van der Waals surface area contributed by atoms with E-state index in [1.165, 1.54) is 0 Å². The third-order valence-electron chi connectivity index (χ3n) is 2.48. The van der Waals surface area contributed by atoms with Gasteiger partial charge in [0.15, 0.2) is 0 Å². The van der Waals surface area contributed by atoms with E-state index < -0.39 is 0 Å². The molecule has 0 saturated carbocycles. The van der Waals surface area contributed by atoms with Crippen LogP contribution in [0.3, 0.4) is 0 Å². The second kappa shape index (κ2) is 5.14. The van der Waals surface area contributed by atoms with Crippen LogP contribution in [-0.2, 0) is 6.54 Å². The van der Waals surface area contributed by atoms with E-state index in [1.807, 2.05) is 19.9 Å². The summed E-state index contributed by atoms with van der Waals surface area (Å²) in [6.45, 7) is 4.23. The monoisotopic (exact) mass is 262 g/mol. The summed E-state index contributed by atoms with van der Waals surface area (Å²) in [5.74, 6) is 2.03. The van der Waals surface area contributed by atoms with Crippen LogP contribution in [-0.4, -0.2) is 15.0 Å². The largest absolute Gasteiger partial charge is 0.444 e. The van der Waals surface area contributed by atoms with Crippen LogP contribution in [0.1, 0.15) is 22.8 Å². The van der Waals surface area contributed by atoms with Crippen molar-refractivity contribution in [1.29, 1.82) is 0 Å². The van der Waals surface area contributed by atoms with Gasteiger partial charge in [-0.1, -0.05) is 12.2 Å². The van der Waals surface area contributed by atoms with Crippen LogP contribution in [0.5, 0.6) is 0 Å². The SMILES string of the molecule is Cc1cnc(CNc2nccc(C)c2C(N)=S)o1. The number of oxazole rings is 1. The molecule has 0 unspecified atom stereocenters. The average Bonchev–Trinajstić information content (AvgIpc) is 2.72. The zero-order chi connectivity index (χ0) is 13.1. The van der Waals surface area contributed by atoms with Crippen molar-refractivity contribution in [2.45, 2.75) is 20.4 Å². The first-order valence-corrected chi connectivity index (χ1v) is 5.89. The van der Waals surface area contributed by atoms with Gasteiger partial charge in [-0.2, -0.15) is 0 Å². The number of pyridine rings is 1. The summed E-state index contributed by atoms with van der Waals surface area (Å²) in [5, 5.41) is 3.13. The second-order valence-corrected chi connectivity index (χ2v) is 4.37. The Balaban J connectivity index is 2.19. The number of nitrogens with one attached hydrogen (secondary N) is 1. The fraction of sp³-hybridized carbons (Fsp3) is 0.250. The van der Waals surface area contributed by atoms with E-state index in [2.05, 4.69) is 15.3 Å². The Labute approximate surface area is 110 Å². The minimum Gasteiger partial charge on any atom is -0.444 e. The van der Waals surface area contributed by atoms with Crippen LogP contribution < -0.4 is 11.1 Å². The van der Waals surface area contributed by atoms with Crippen molar-refractivity contribution in [2.75, 3.05) is 5.32 Å². The van der Waals surface area contributed by atoms with Crippen molar-refractivity contribution in [3.63, 3.8) is 0 Å². The molecule has 2 aromatic rings. The Morgan fingerprint density at radius 2 is 2.22 bits per heavy atom. The highest BCUT2D eigenvalue weighted by Gasteiger charge is 2.10. The van der Waals surface area contributed by atoms with Gasteiger partial charge >= 0.3 is 0 Å². The van der Waals surface area contributed by atoms with Gasteiger partial charge in [-0.25, -0.2) is 9.97 Å². The number of aryl methyl sites for hydroxylation is 2. The Morgan fingerprint density at radius 3 is 2.83 bits per heavy atom. The number of hydrogen-bond donors (Lipinski definition) is 2. The lowest BCUT2D eigenvalue weighted by atomic mass is 10.1. The molecule has 0 aromatic carbocycles. The van der Waals surface area contributed by atoms with Crippen LogP contribution in [0.2, 0.25) is 0 Å². The summed E-state index contributed by atoms with van der Waals surface area (Å²) in [6.07, 6.45) is 3.38. The first-order chi connectivity index (χ1) is 8.58. The molecule has 18 heavy (non-hydrogen) atoms. The first kappa shape index (κ1) is 12.5. The van der Waals surface area contributed by atoms with Gasteiger partial charge in [0.2, 0.25) is 5.89 Å². The molecule has 2 heterocycles. The smallest absolute Gasteiger partial charge is 0.213 e. The lowest BCUT2D eigenvalue weighted by Gasteiger charge is -2.10. The molecule has 2 aromatic heterocycles. The number of thiocarbonyl (C=S) groups is 1. The highest BCUT2D eigenvalue weighted by molar-refractivity contribution is 7.80. The van der Waals surface area contributed by atoms with E-state index in [0.717, 1.165) is 16.9 Å². The van der Waals surface area contributed by atoms with Crippen LogP contribution in [0, 0.1) is 13.8 Å². The maximum Gasteiger partial charge on any atom is 0.213 e. The van der Waals surface area contributed by atoms with Gasteiger partial charge in [-0.15, -0.1) is 0 Å². The molecule has 94 valence electrons. The van der Waals surface area contributed by atoms with Gasteiger partial charge in [0.25, 0.3) is 0 Å². The van der Waals surface area contributed by atoms with Gasteiger partial charge in [-0.3, -0.25) is 0 Å². The van der Waals surface area contributed by atoms with Gasteiger partial charge in [-0.05, 0) is 25.5 Å². The predicted molar refractivity (Wildman–Crippen MR) is 73.4 cm³/mol. The lowest BCUT2D eigenvalue weighted by molar-refractivity contribution is 0.479. The van der Waals surface area contributed by atoms with Gasteiger partial charge in [0, 0.05) is 6.20 Å². The Bertz CT molecular complexity index is 579. The van der Waals surface area contributed by atoms with Gasteiger partial charge in [0.05, 0.1) is 18.3 Å². The van der Waals surface area contributed by atoms with E-state index in [-0.39, 0.29) is 0 Å². The van der Waals surface area contributed by atoms with Crippen molar-refractivity contribution < 1.29 is 4.42 Å². The number of nitrogens with zero attached hydrogens (tertiary/aromatic N) is 2. The summed E-state index contributed by atoms with van der Waals surface area (Å²) in [7, 11) is 0. The molecular weight excluding hydrogens is 248 g/mol. The van der Waals surface area contributed by atoms with E-state index in [1.54, 1.807) is 12.4 Å². The maximum absolute atomic E-state index is 5.70. The minimum atomic E-state index is 0.326. The molecule has 0 aliphatic carbocycles. The maximum atomic E-state index is 5.70. The summed E-state index contributed by atoms with van der Waals surface area (Å²) < 4.78 is 5.37. The van der Waals surface area contributed by atoms with Gasteiger partial charge in [0.1, 0.15) is 16.6 Å². The fourth-order valence-electron chi connectivity index (χ4n) is 1.65. The standard InChI is InChI=1S/C12H14N4OS/c1-7-3-4-14-12(10(7)11(13)18)16-6-9-15-5-8(2)17-9/h3-5H,6H2,1-2H3,(H2,13,18)(H,14,16). The van der Waals surface area contributed by atoms with E-state index in [0.29, 0.717) is 23.2 Å². The van der Waals surface area contributed by atoms with Crippen molar-refractivity contribution in [3.8, 4) is 0 Å². The molecule has 3 N–H and O–H groups in total. The van der Waals surface area contributed by atoms with Crippen LogP contribution >= 0.6 is 12.2 Å². The van der Waals surface area contributed by atoms with E-state index in [9.17, 15) is 0 Å². The average molecular weight is 262 g/mol. The van der Waals surface area contributed by atoms with Crippen molar-refractivity contribution >= 4 is 23.0 Å². The van der Waals surface area contributed by atoms with Crippen LogP contribution in [0.15, 0.2) is 22.9 Å². The third kappa shape index (κ3) is 2.65. The highest BCUT2D eigenvalue weighted by atomic mass is 32.1. The number of nitrogens with two attached hydrogens (primary N) is 1. The Morgan fingerprint density at radius 1 is 1.44 bits per heavy atom. The predicted octanol–water partition coefficient (Wildman–Crippen LogP) is 1.93. The van der Waals surface area contributed by atoms with E-state index >= 15 is 0 Å². The Hall–Kier alpha value is -1.95. The molecular formula is C12H14N4OS. The second-order valence-electron chi connectivity index (χ2n) is 3.93. The first-order valence-electron chi connectivity index (χ1n) is 5.48. The number of anilines is 1. The van der Waals surface area contributed by atoms with Crippen LogP contribution in [0.4, 0.5) is 5.82 Å². The molecule has 0 spiro atoms. The molecule has 0 radical (unpaired) electrons. The molecule has 0 aliphatic heterocycles. The molecule has 0 saturated heterocycles. The summed E-state index contributed by atoms with van der Waals surface area (Å²) in [4.78, 5) is 8.67. The minimum absolute atomic E-state index is 0.326. The number of aromatic nitrogens is 2. The molecule has 6 heteroatoms. The fourth-order valence-corrected chi connectivity index (χ4v) is 1.90. The normalized spacial score (nSPS) is 10.3. The topological polar surface area (TPSA) is 77.0 Å². The Kier molecular flexibility index (Phi) is 3.57. The quantitative estimate of drug-likeness (QED) is 0.820. The van der Waals surface area contributed by atoms with Crippen molar-refractivity contribution in [2.24, 2.45) is 5.73 Å². The molecule has 0 bridgehead atoms. The zero-order valence-corrected chi connectivity index (χ0v) is 11.0. The molecule has 0 amide bonds. The summed E-state index contributed by atoms with van der Waals surface area (Å²) >= 11 is 5.03. The lowest BCUT2D eigenvalue weighted by Crippen LogP contribution is -2.16. The van der Waals surface area contributed by atoms with Gasteiger partial charge < -0.3 is 15.5 Å². The van der Waals surface area contributed by atoms with Crippen LogP contribution in [0.25, 0.3) is 0 Å². The molecule has 2 rings (SSSR count). The number of rotatable bonds is 4. The van der Waals surface area contributed by atoms with E-state index in [4.69, 9.17) is 22.4 Å². The molecule has 5 nitrogen and oxygen atoms in total. The summed E-state index contributed by atoms with van der Waals surface area (Å²) in [5.41, 5.74) is 7.45.